The van der Waals surface area contributed by atoms with Gasteiger partial charge in [0.15, 0.2) is 0 Å². The summed E-state index contributed by atoms with van der Waals surface area (Å²) in [4.78, 5) is 11.1. The molecule has 0 aliphatic rings. The Balaban J connectivity index is 2.33. The van der Waals surface area contributed by atoms with E-state index in [4.69, 9.17) is 10.5 Å². The van der Waals surface area contributed by atoms with Gasteiger partial charge in [0.2, 0.25) is 0 Å². The van der Waals surface area contributed by atoms with E-state index in [0.717, 1.165) is 18.6 Å². The van der Waals surface area contributed by atoms with Crippen LogP contribution in [0, 0.1) is 0 Å². The summed E-state index contributed by atoms with van der Waals surface area (Å²) < 4.78 is 9.95. The number of esters is 1. The van der Waals surface area contributed by atoms with Crippen LogP contribution in [-0.2, 0) is 16.0 Å². The number of hydrogen-bond acceptors (Lipinski definition) is 4. The van der Waals surface area contributed by atoms with Crippen LogP contribution in [0.2, 0.25) is 0 Å². The molecule has 2 N–H and O–H groups in total. The van der Waals surface area contributed by atoms with Gasteiger partial charge in [0.1, 0.15) is 11.8 Å². The summed E-state index contributed by atoms with van der Waals surface area (Å²) in [6, 6.07) is 7.47. The third kappa shape index (κ3) is 4.75. The first-order valence-electron chi connectivity index (χ1n) is 6.22. The van der Waals surface area contributed by atoms with Gasteiger partial charge in [-0.15, -0.1) is 0 Å². The van der Waals surface area contributed by atoms with Gasteiger partial charge in [-0.2, -0.15) is 0 Å². The van der Waals surface area contributed by atoms with E-state index in [1.165, 1.54) is 12.7 Å². The average Bonchev–Trinajstić information content (AvgIpc) is 2.40. The molecule has 4 nitrogen and oxygen atoms in total. The molecule has 1 unspecified atom stereocenters. The lowest BCUT2D eigenvalue weighted by Gasteiger charge is -2.09. The molecule has 0 aliphatic carbocycles. The lowest BCUT2D eigenvalue weighted by atomic mass is 10.1. The third-order valence-corrected chi connectivity index (χ3v) is 2.72. The summed E-state index contributed by atoms with van der Waals surface area (Å²) in [6.07, 6.45) is 2.40. The van der Waals surface area contributed by atoms with E-state index in [2.05, 4.69) is 4.74 Å². The minimum atomic E-state index is -0.516. The molecule has 1 rings (SSSR count). The zero-order chi connectivity index (χ0) is 13.4. The molecule has 18 heavy (non-hydrogen) atoms. The second-order valence-corrected chi connectivity index (χ2v) is 4.10. The number of carbonyl (C=O) groups is 1. The maximum atomic E-state index is 11.1. The molecule has 0 saturated heterocycles. The fraction of sp³-hybridized carbons (Fsp3) is 0.500. The maximum absolute atomic E-state index is 11.1. The Morgan fingerprint density at radius 2 is 2.00 bits per heavy atom. The summed E-state index contributed by atoms with van der Waals surface area (Å²) in [5.41, 5.74) is 6.88. The molecule has 0 aliphatic heterocycles. The molecule has 0 spiro atoms. The Morgan fingerprint density at radius 1 is 1.33 bits per heavy atom. The van der Waals surface area contributed by atoms with Gasteiger partial charge >= 0.3 is 5.97 Å². The molecule has 1 atom stereocenters. The van der Waals surface area contributed by atoms with Gasteiger partial charge in [0.25, 0.3) is 0 Å². The van der Waals surface area contributed by atoms with Crippen molar-refractivity contribution in [2.75, 3.05) is 13.7 Å². The standard InChI is InChI=1S/C14H21NO3/c1-3-18-12-9-7-11(8-10-12)5-4-6-13(15)14(16)17-2/h7-10,13H,3-6,15H2,1-2H3. The number of methoxy groups -OCH3 is 1. The quantitative estimate of drug-likeness (QED) is 0.752. The highest BCUT2D eigenvalue weighted by Crippen LogP contribution is 2.14. The second kappa shape index (κ2) is 7.71. The number of rotatable bonds is 7. The van der Waals surface area contributed by atoms with Gasteiger partial charge in [-0.25, -0.2) is 0 Å². The topological polar surface area (TPSA) is 61.5 Å². The van der Waals surface area contributed by atoms with Crippen LogP contribution in [0.25, 0.3) is 0 Å². The Bertz CT molecular complexity index is 362. The number of aryl methyl sites for hydroxylation is 1. The number of ether oxygens (including phenoxy) is 2. The second-order valence-electron chi connectivity index (χ2n) is 4.10. The summed E-state index contributed by atoms with van der Waals surface area (Å²) >= 11 is 0. The Labute approximate surface area is 108 Å². The molecule has 0 aromatic heterocycles. The summed E-state index contributed by atoms with van der Waals surface area (Å²) in [6.45, 7) is 2.63. The fourth-order valence-corrected chi connectivity index (χ4v) is 1.71. The van der Waals surface area contributed by atoms with Crippen LogP contribution in [0.5, 0.6) is 5.75 Å². The van der Waals surface area contributed by atoms with Gasteiger partial charge < -0.3 is 15.2 Å². The normalized spacial score (nSPS) is 11.9. The largest absolute Gasteiger partial charge is 0.494 e. The lowest BCUT2D eigenvalue weighted by molar-refractivity contribution is -0.142. The number of hydrogen-bond donors (Lipinski definition) is 1. The maximum Gasteiger partial charge on any atom is 0.322 e. The SMILES string of the molecule is CCOc1ccc(CCCC(N)C(=O)OC)cc1. The Kier molecular flexibility index (Phi) is 6.22. The number of carbonyl (C=O) groups excluding carboxylic acids is 1. The van der Waals surface area contributed by atoms with E-state index >= 15 is 0 Å². The smallest absolute Gasteiger partial charge is 0.322 e. The van der Waals surface area contributed by atoms with Crippen molar-refractivity contribution in [2.45, 2.75) is 32.2 Å². The molecule has 0 heterocycles. The van der Waals surface area contributed by atoms with Crippen LogP contribution in [0.4, 0.5) is 0 Å². The average molecular weight is 251 g/mol. The van der Waals surface area contributed by atoms with Crippen molar-refractivity contribution in [2.24, 2.45) is 5.73 Å². The zero-order valence-corrected chi connectivity index (χ0v) is 11.0. The van der Waals surface area contributed by atoms with Gasteiger partial charge in [-0.1, -0.05) is 12.1 Å². The molecular formula is C14H21NO3. The molecule has 0 amide bonds. The predicted octanol–water partition coefficient (Wildman–Crippen LogP) is 1.91. The van der Waals surface area contributed by atoms with Crippen LogP contribution in [-0.4, -0.2) is 25.7 Å². The minimum absolute atomic E-state index is 0.346. The fourth-order valence-electron chi connectivity index (χ4n) is 1.71. The molecule has 0 saturated carbocycles. The van der Waals surface area contributed by atoms with E-state index in [1.54, 1.807) is 0 Å². The Hall–Kier alpha value is -1.55. The summed E-state index contributed by atoms with van der Waals surface area (Å²) in [5.74, 6) is 0.536. The number of nitrogens with two attached hydrogens (primary N) is 1. The molecule has 0 fully saturated rings. The van der Waals surface area contributed by atoms with Crippen molar-refractivity contribution in [1.82, 2.24) is 0 Å². The predicted molar refractivity (Wildman–Crippen MR) is 70.5 cm³/mol. The first kappa shape index (κ1) is 14.5. The molecule has 1 aromatic carbocycles. The number of benzene rings is 1. The first-order valence-corrected chi connectivity index (χ1v) is 6.22. The molecule has 0 bridgehead atoms. The van der Waals surface area contributed by atoms with E-state index in [-0.39, 0.29) is 5.97 Å². The van der Waals surface area contributed by atoms with Crippen LogP contribution in [0.3, 0.4) is 0 Å². The highest BCUT2D eigenvalue weighted by Gasteiger charge is 2.12. The summed E-state index contributed by atoms with van der Waals surface area (Å²) in [7, 11) is 1.36. The van der Waals surface area contributed by atoms with Crippen molar-refractivity contribution in [3.63, 3.8) is 0 Å². The molecule has 4 heteroatoms. The minimum Gasteiger partial charge on any atom is -0.494 e. The van der Waals surface area contributed by atoms with Crippen LogP contribution in [0.1, 0.15) is 25.3 Å². The zero-order valence-electron chi connectivity index (χ0n) is 11.0. The Morgan fingerprint density at radius 3 is 2.56 bits per heavy atom. The first-order chi connectivity index (χ1) is 8.67. The van der Waals surface area contributed by atoms with Gasteiger partial charge in [0, 0.05) is 0 Å². The van der Waals surface area contributed by atoms with E-state index in [1.807, 2.05) is 31.2 Å². The van der Waals surface area contributed by atoms with Crippen LogP contribution >= 0.6 is 0 Å². The highest BCUT2D eigenvalue weighted by atomic mass is 16.5. The monoisotopic (exact) mass is 251 g/mol. The van der Waals surface area contributed by atoms with E-state index < -0.39 is 6.04 Å². The van der Waals surface area contributed by atoms with Crippen molar-refractivity contribution < 1.29 is 14.3 Å². The molecule has 100 valence electrons. The van der Waals surface area contributed by atoms with Gasteiger partial charge in [-0.05, 0) is 43.9 Å². The highest BCUT2D eigenvalue weighted by molar-refractivity contribution is 5.75. The van der Waals surface area contributed by atoms with Crippen molar-refractivity contribution >= 4 is 5.97 Å². The van der Waals surface area contributed by atoms with Crippen LogP contribution < -0.4 is 10.5 Å². The van der Waals surface area contributed by atoms with Crippen LogP contribution in [0.15, 0.2) is 24.3 Å². The summed E-state index contributed by atoms with van der Waals surface area (Å²) in [5, 5.41) is 0. The van der Waals surface area contributed by atoms with E-state index in [9.17, 15) is 4.79 Å². The van der Waals surface area contributed by atoms with Crippen molar-refractivity contribution in [1.29, 1.82) is 0 Å². The van der Waals surface area contributed by atoms with E-state index in [0.29, 0.717) is 13.0 Å². The van der Waals surface area contributed by atoms with Crippen molar-refractivity contribution in [3.05, 3.63) is 29.8 Å². The van der Waals surface area contributed by atoms with Crippen molar-refractivity contribution in [3.8, 4) is 5.75 Å². The lowest BCUT2D eigenvalue weighted by Crippen LogP contribution is -2.31. The third-order valence-electron chi connectivity index (χ3n) is 2.72. The van der Waals surface area contributed by atoms with Gasteiger partial charge in [0.05, 0.1) is 13.7 Å². The van der Waals surface area contributed by atoms with Gasteiger partial charge in [-0.3, -0.25) is 4.79 Å². The molecule has 0 radical (unpaired) electrons. The molecule has 1 aromatic rings. The molecular weight excluding hydrogens is 230 g/mol.